The van der Waals surface area contributed by atoms with Crippen LogP contribution in [-0.4, -0.2) is 29.6 Å². The summed E-state index contributed by atoms with van der Waals surface area (Å²) in [6.07, 6.45) is 1.30. The van der Waals surface area contributed by atoms with Gasteiger partial charge in [0.25, 0.3) is 10.0 Å². The zero-order valence-corrected chi connectivity index (χ0v) is 14.9. The Hall–Kier alpha value is -2.72. The molecule has 0 saturated carbocycles. The Morgan fingerprint density at radius 3 is 2.68 bits per heavy atom. The highest BCUT2D eigenvalue weighted by Crippen LogP contribution is 2.25. The van der Waals surface area contributed by atoms with Gasteiger partial charge in [0.2, 0.25) is 0 Å². The lowest BCUT2D eigenvalue weighted by Crippen LogP contribution is -2.15. The van der Waals surface area contributed by atoms with Crippen molar-refractivity contribution in [1.29, 1.82) is 0 Å². The number of fused-ring (bicyclic) bond motifs is 1. The molecule has 0 atom stereocenters. The van der Waals surface area contributed by atoms with Crippen molar-refractivity contribution < 1.29 is 18.3 Å². The number of anilines is 2. The first-order chi connectivity index (χ1) is 11.8. The number of carbonyl (C=O) groups is 1. The molecule has 128 valence electrons. The number of nitrogens with zero attached hydrogens (tertiary/aromatic N) is 2. The maximum Gasteiger partial charge on any atom is 0.409 e. The number of hydrogen-bond donors (Lipinski definition) is 3. The molecule has 0 unspecified atom stereocenters. The molecule has 0 spiro atoms. The summed E-state index contributed by atoms with van der Waals surface area (Å²) >= 11 is 3.38. The molecule has 25 heavy (non-hydrogen) atoms. The van der Waals surface area contributed by atoms with E-state index in [0.717, 1.165) is 15.9 Å². The Balaban J connectivity index is 1.92. The molecule has 1 aromatic carbocycles. The third-order valence-corrected chi connectivity index (χ3v) is 5.09. The highest BCUT2D eigenvalue weighted by molar-refractivity contribution is 9.10. The van der Waals surface area contributed by atoms with E-state index >= 15 is 0 Å². The highest BCUT2D eigenvalue weighted by Gasteiger charge is 2.17. The number of aromatic nitrogens is 2. The lowest BCUT2D eigenvalue weighted by Gasteiger charge is -2.09. The van der Waals surface area contributed by atoms with Crippen molar-refractivity contribution in [3.8, 4) is 0 Å². The van der Waals surface area contributed by atoms with Crippen LogP contribution in [-0.2, 0) is 10.0 Å². The van der Waals surface area contributed by atoms with Gasteiger partial charge in [-0.3, -0.25) is 15.0 Å². The van der Waals surface area contributed by atoms with E-state index in [1.807, 2.05) is 12.1 Å². The highest BCUT2D eigenvalue weighted by atomic mass is 79.9. The summed E-state index contributed by atoms with van der Waals surface area (Å²) in [5.74, 6) is 0. The van der Waals surface area contributed by atoms with Gasteiger partial charge in [-0.25, -0.2) is 9.78 Å². The first kappa shape index (κ1) is 17.1. The minimum absolute atomic E-state index is 0.100. The summed E-state index contributed by atoms with van der Waals surface area (Å²) in [5.41, 5.74) is 1.07. The molecule has 3 N–H and O–H groups in total. The van der Waals surface area contributed by atoms with E-state index in [-0.39, 0.29) is 16.4 Å². The SMILES string of the molecule is O=C(O)Nc1ccnc(S(=O)(=O)Nc2cnc3c(Br)cccc3c2)c1. The molecule has 0 radical (unpaired) electrons. The molecule has 2 heterocycles. The normalized spacial score (nSPS) is 11.2. The molecule has 0 aliphatic carbocycles. The first-order valence-electron chi connectivity index (χ1n) is 6.88. The van der Waals surface area contributed by atoms with Gasteiger partial charge in [-0.15, -0.1) is 0 Å². The van der Waals surface area contributed by atoms with Gasteiger partial charge in [0.1, 0.15) is 0 Å². The van der Waals surface area contributed by atoms with E-state index in [1.165, 1.54) is 18.5 Å². The number of para-hydroxylation sites is 1. The molecule has 1 amide bonds. The molecule has 10 heteroatoms. The van der Waals surface area contributed by atoms with Gasteiger partial charge in [-0.2, -0.15) is 8.42 Å². The van der Waals surface area contributed by atoms with Gasteiger partial charge in [0.15, 0.2) is 5.03 Å². The van der Waals surface area contributed by atoms with Crippen LogP contribution in [0.1, 0.15) is 0 Å². The monoisotopic (exact) mass is 422 g/mol. The zero-order valence-electron chi connectivity index (χ0n) is 12.5. The second-order valence-electron chi connectivity index (χ2n) is 4.95. The molecule has 8 nitrogen and oxygen atoms in total. The lowest BCUT2D eigenvalue weighted by molar-refractivity contribution is 0.209. The number of nitrogens with one attached hydrogen (secondary N) is 2. The van der Waals surface area contributed by atoms with Crippen LogP contribution in [0.4, 0.5) is 16.2 Å². The standard InChI is InChI=1S/C15H11BrN4O4S/c16-12-3-1-2-9-6-11(8-18-14(9)12)20-25(23,24)13-7-10(4-5-17-13)19-15(21)22/h1-8,20H,(H,17,19)(H,21,22). The van der Waals surface area contributed by atoms with Gasteiger partial charge < -0.3 is 5.11 Å². The van der Waals surface area contributed by atoms with Gasteiger partial charge in [-0.1, -0.05) is 12.1 Å². The molecule has 3 aromatic rings. The Morgan fingerprint density at radius 1 is 1.12 bits per heavy atom. The van der Waals surface area contributed by atoms with Crippen LogP contribution < -0.4 is 10.0 Å². The van der Waals surface area contributed by atoms with Crippen LogP contribution in [0.3, 0.4) is 0 Å². The average Bonchev–Trinajstić information content (AvgIpc) is 2.54. The fourth-order valence-corrected chi connectivity index (χ4v) is 3.64. The summed E-state index contributed by atoms with van der Waals surface area (Å²) in [4.78, 5) is 18.7. The first-order valence-corrected chi connectivity index (χ1v) is 9.16. The van der Waals surface area contributed by atoms with E-state index < -0.39 is 16.1 Å². The second kappa shape index (κ2) is 6.65. The van der Waals surface area contributed by atoms with E-state index in [1.54, 1.807) is 12.1 Å². The van der Waals surface area contributed by atoms with E-state index in [0.29, 0.717) is 5.52 Å². The van der Waals surface area contributed by atoms with Crippen LogP contribution in [0.25, 0.3) is 10.9 Å². The van der Waals surface area contributed by atoms with Crippen LogP contribution in [0, 0.1) is 0 Å². The molecule has 2 aromatic heterocycles. The predicted molar refractivity (Wildman–Crippen MR) is 96.1 cm³/mol. The van der Waals surface area contributed by atoms with Crippen molar-refractivity contribution in [1.82, 2.24) is 9.97 Å². The Bertz CT molecular complexity index is 1070. The van der Waals surface area contributed by atoms with E-state index in [9.17, 15) is 13.2 Å². The number of amides is 1. The van der Waals surface area contributed by atoms with Crippen LogP contribution in [0.5, 0.6) is 0 Å². The predicted octanol–water partition coefficient (Wildman–Crippen LogP) is 3.28. The number of sulfonamides is 1. The largest absolute Gasteiger partial charge is 0.465 e. The summed E-state index contributed by atoms with van der Waals surface area (Å²) in [6, 6.07) is 9.58. The lowest BCUT2D eigenvalue weighted by atomic mass is 10.2. The molecular weight excluding hydrogens is 412 g/mol. The maximum atomic E-state index is 12.5. The van der Waals surface area contributed by atoms with Crippen LogP contribution in [0.2, 0.25) is 0 Å². The number of rotatable bonds is 4. The quantitative estimate of drug-likeness (QED) is 0.592. The Morgan fingerprint density at radius 2 is 1.92 bits per heavy atom. The van der Waals surface area contributed by atoms with Gasteiger partial charge in [-0.05, 0) is 34.1 Å². The average molecular weight is 423 g/mol. The van der Waals surface area contributed by atoms with Crippen LogP contribution in [0.15, 0.2) is 58.3 Å². The minimum Gasteiger partial charge on any atom is -0.465 e. The fraction of sp³-hybridized carbons (Fsp3) is 0. The topological polar surface area (TPSA) is 121 Å². The molecule has 0 bridgehead atoms. The summed E-state index contributed by atoms with van der Waals surface area (Å²) in [5, 5.41) is 11.2. The maximum absolute atomic E-state index is 12.5. The van der Waals surface area contributed by atoms with Crippen molar-refractivity contribution in [2.24, 2.45) is 0 Å². The van der Waals surface area contributed by atoms with Crippen molar-refractivity contribution in [2.75, 3.05) is 10.0 Å². The summed E-state index contributed by atoms with van der Waals surface area (Å²) in [6.45, 7) is 0. The zero-order chi connectivity index (χ0) is 18.0. The number of benzene rings is 1. The van der Waals surface area contributed by atoms with Gasteiger partial charge in [0, 0.05) is 27.8 Å². The van der Waals surface area contributed by atoms with Crippen molar-refractivity contribution in [3.63, 3.8) is 0 Å². The third kappa shape index (κ3) is 3.86. The van der Waals surface area contributed by atoms with E-state index in [2.05, 4.69) is 35.9 Å². The second-order valence-corrected chi connectivity index (χ2v) is 7.44. The van der Waals surface area contributed by atoms with Crippen molar-refractivity contribution in [2.45, 2.75) is 5.03 Å². The van der Waals surface area contributed by atoms with Crippen molar-refractivity contribution in [3.05, 3.63) is 53.3 Å². The minimum atomic E-state index is -4.00. The molecular formula is C15H11BrN4O4S. The number of carboxylic acid groups (broad SMARTS) is 1. The Kier molecular flexibility index (Phi) is 4.55. The molecule has 3 rings (SSSR count). The van der Waals surface area contributed by atoms with Gasteiger partial charge >= 0.3 is 6.09 Å². The summed E-state index contributed by atoms with van der Waals surface area (Å²) < 4.78 is 28.1. The molecule has 0 aliphatic rings. The molecule has 0 saturated heterocycles. The third-order valence-electron chi connectivity index (χ3n) is 3.18. The smallest absolute Gasteiger partial charge is 0.409 e. The van der Waals surface area contributed by atoms with Gasteiger partial charge in [0.05, 0.1) is 17.4 Å². The van der Waals surface area contributed by atoms with E-state index in [4.69, 9.17) is 5.11 Å². The van der Waals surface area contributed by atoms with Crippen LogP contribution >= 0.6 is 15.9 Å². The fourth-order valence-electron chi connectivity index (χ4n) is 2.14. The van der Waals surface area contributed by atoms with Crippen molar-refractivity contribution >= 4 is 54.3 Å². The summed E-state index contributed by atoms with van der Waals surface area (Å²) in [7, 11) is -4.00. The number of pyridine rings is 2. The molecule has 0 aliphatic heterocycles. The molecule has 0 fully saturated rings. The number of hydrogen-bond acceptors (Lipinski definition) is 5. The number of halogens is 1. The Labute approximate surface area is 151 Å².